The molecule has 0 unspecified atom stereocenters. The topological polar surface area (TPSA) is 91.3 Å². The van der Waals surface area contributed by atoms with Gasteiger partial charge in [-0.2, -0.15) is 0 Å². The Kier molecular flexibility index (Phi) is 4.93. The van der Waals surface area contributed by atoms with Crippen LogP contribution in [0.25, 0.3) is 0 Å². The van der Waals surface area contributed by atoms with Crippen molar-refractivity contribution in [3.05, 3.63) is 29.6 Å². The molecule has 0 spiro atoms. The van der Waals surface area contributed by atoms with E-state index in [0.29, 0.717) is 6.54 Å². The van der Waals surface area contributed by atoms with Crippen LogP contribution in [0.4, 0.5) is 4.79 Å². The lowest BCUT2D eigenvalue weighted by atomic mass is 10.1. The first-order chi connectivity index (χ1) is 8.09. The van der Waals surface area contributed by atoms with E-state index in [9.17, 15) is 9.59 Å². The van der Waals surface area contributed by atoms with E-state index in [2.05, 4.69) is 15.6 Å². The van der Waals surface area contributed by atoms with Crippen molar-refractivity contribution in [3.8, 4) is 0 Å². The number of hydrogen-bond acceptors (Lipinski definition) is 3. The fourth-order valence-electron chi connectivity index (χ4n) is 1.22. The summed E-state index contributed by atoms with van der Waals surface area (Å²) in [6.07, 6.45) is 3.30. The van der Waals surface area contributed by atoms with Crippen LogP contribution in [0.1, 0.15) is 17.5 Å². The zero-order valence-electron chi connectivity index (χ0n) is 9.56. The molecule has 0 saturated heterocycles. The van der Waals surface area contributed by atoms with Gasteiger partial charge in [-0.25, -0.2) is 4.79 Å². The number of carboxylic acids is 1. The highest BCUT2D eigenvalue weighted by molar-refractivity contribution is 5.74. The Bertz CT molecular complexity index is 407. The fraction of sp³-hybridized carbons (Fsp3) is 0.364. The molecule has 2 amide bonds. The number of carbonyl (C=O) groups is 2. The minimum Gasteiger partial charge on any atom is -0.481 e. The molecule has 6 nitrogen and oxygen atoms in total. The van der Waals surface area contributed by atoms with Crippen molar-refractivity contribution in [2.24, 2.45) is 0 Å². The second-order valence-electron chi connectivity index (χ2n) is 3.56. The smallest absolute Gasteiger partial charge is 0.315 e. The molecule has 17 heavy (non-hydrogen) atoms. The number of amides is 2. The van der Waals surface area contributed by atoms with Gasteiger partial charge in [-0.15, -0.1) is 0 Å². The van der Waals surface area contributed by atoms with Crippen molar-refractivity contribution in [1.29, 1.82) is 0 Å². The molecule has 0 saturated carbocycles. The van der Waals surface area contributed by atoms with Crippen molar-refractivity contribution in [2.75, 3.05) is 6.54 Å². The van der Waals surface area contributed by atoms with Crippen molar-refractivity contribution < 1.29 is 14.7 Å². The Balaban J connectivity index is 2.29. The molecule has 1 aromatic heterocycles. The number of carboxylic acid groups (broad SMARTS) is 1. The first-order valence-electron chi connectivity index (χ1n) is 5.22. The summed E-state index contributed by atoms with van der Waals surface area (Å²) in [5.41, 5.74) is 1.98. The van der Waals surface area contributed by atoms with E-state index in [1.165, 1.54) is 0 Å². The van der Waals surface area contributed by atoms with Crippen molar-refractivity contribution in [1.82, 2.24) is 15.6 Å². The van der Waals surface area contributed by atoms with Crippen molar-refractivity contribution in [2.45, 2.75) is 19.9 Å². The number of rotatable bonds is 5. The Morgan fingerprint density at radius 3 is 2.82 bits per heavy atom. The first-order valence-corrected chi connectivity index (χ1v) is 5.22. The lowest BCUT2D eigenvalue weighted by molar-refractivity contribution is -0.136. The number of hydrogen-bond donors (Lipinski definition) is 3. The molecular weight excluding hydrogens is 222 g/mol. The molecule has 0 aromatic carbocycles. The number of pyridine rings is 1. The largest absolute Gasteiger partial charge is 0.481 e. The number of carbonyl (C=O) groups excluding carboxylic acids is 1. The van der Waals surface area contributed by atoms with Gasteiger partial charge in [0.05, 0.1) is 6.42 Å². The number of aliphatic carboxylic acids is 1. The quantitative estimate of drug-likeness (QED) is 0.701. The normalized spacial score (nSPS) is 9.71. The maximum Gasteiger partial charge on any atom is 0.315 e. The summed E-state index contributed by atoms with van der Waals surface area (Å²) < 4.78 is 0. The van der Waals surface area contributed by atoms with E-state index in [4.69, 9.17) is 5.11 Å². The Morgan fingerprint density at radius 2 is 2.18 bits per heavy atom. The van der Waals surface area contributed by atoms with Crippen LogP contribution in [0.3, 0.4) is 0 Å². The molecule has 0 atom stereocenters. The second kappa shape index (κ2) is 6.47. The number of nitrogens with zero attached hydrogens (tertiary/aromatic N) is 1. The standard InChI is InChI=1S/C11H15N3O3/c1-8-6-12-4-2-9(8)7-14-11(17)13-5-3-10(15)16/h2,4,6H,3,5,7H2,1H3,(H,15,16)(H2,13,14,17). The highest BCUT2D eigenvalue weighted by Crippen LogP contribution is 2.03. The summed E-state index contributed by atoms with van der Waals surface area (Å²) in [7, 11) is 0. The van der Waals surface area contributed by atoms with Gasteiger partial charge in [0.2, 0.25) is 0 Å². The Hall–Kier alpha value is -2.11. The number of aromatic nitrogens is 1. The van der Waals surface area contributed by atoms with Crippen LogP contribution in [-0.2, 0) is 11.3 Å². The molecule has 0 aliphatic rings. The highest BCUT2D eigenvalue weighted by Gasteiger charge is 2.03. The molecule has 0 aliphatic carbocycles. The van der Waals surface area contributed by atoms with Crippen LogP contribution in [0.2, 0.25) is 0 Å². The average molecular weight is 237 g/mol. The summed E-state index contributed by atoms with van der Waals surface area (Å²) in [5, 5.41) is 13.5. The molecule has 0 aliphatic heterocycles. The average Bonchev–Trinajstić information content (AvgIpc) is 2.27. The SMILES string of the molecule is Cc1cnccc1CNC(=O)NCCC(=O)O. The van der Waals surface area contributed by atoms with E-state index < -0.39 is 5.97 Å². The lowest BCUT2D eigenvalue weighted by Gasteiger charge is -2.08. The summed E-state index contributed by atoms with van der Waals surface area (Å²) in [6, 6.07) is 1.45. The van der Waals surface area contributed by atoms with Gasteiger partial charge in [-0.1, -0.05) is 0 Å². The number of urea groups is 1. The molecule has 0 fully saturated rings. The van der Waals surface area contributed by atoms with Crippen LogP contribution >= 0.6 is 0 Å². The zero-order chi connectivity index (χ0) is 12.7. The maximum absolute atomic E-state index is 11.3. The Morgan fingerprint density at radius 1 is 1.41 bits per heavy atom. The van der Waals surface area contributed by atoms with E-state index in [0.717, 1.165) is 11.1 Å². The predicted molar refractivity (Wildman–Crippen MR) is 61.5 cm³/mol. The van der Waals surface area contributed by atoms with E-state index in [-0.39, 0.29) is 19.0 Å². The van der Waals surface area contributed by atoms with Gasteiger partial charge in [-0.3, -0.25) is 9.78 Å². The van der Waals surface area contributed by atoms with Crippen molar-refractivity contribution >= 4 is 12.0 Å². The van der Waals surface area contributed by atoms with Crippen molar-refractivity contribution in [3.63, 3.8) is 0 Å². The summed E-state index contributed by atoms with van der Waals surface area (Å²) in [6.45, 7) is 2.43. The van der Waals surface area contributed by atoms with Gasteiger partial charge < -0.3 is 15.7 Å². The third-order valence-electron chi connectivity index (χ3n) is 2.20. The summed E-state index contributed by atoms with van der Waals surface area (Å²) in [5.74, 6) is -0.935. The number of nitrogens with one attached hydrogen (secondary N) is 2. The third kappa shape index (κ3) is 4.96. The summed E-state index contributed by atoms with van der Waals surface area (Å²) >= 11 is 0. The first kappa shape index (κ1) is 13.0. The van der Waals surface area contributed by atoms with E-state index >= 15 is 0 Å². The van der Waals surface area contributed by atoms with Gasteiger partial charge in [0.15, 0.2) is 0 Å². The second-order valence-corrected chi connectivity index (χ2v) is 3.56. The lowest BCUT2D eigenvalue weighted by Crippen LogP contribution is -2.36. The monoisotopic (exact) mass is 237 g/mol. The van der Waals surface area contributed by atoms with Crippen LogP contribution in [0.15, 0.2) is 18.5 Å². The minimum absolute atomic E-state index is 0.0816. The van der Waals surface area contributed by atoms with E-state index in [1.54, 1.807) is 12.4 Å². The minimum atomic E-state index is -0.935. The molecule has 3 N–H and O–H groups in total. The van der Waals surface area contributed by atoms with Crippen LogP contribution < -0.4 is 10.6 Å². The van der Waals surface area contributed by atoms with Crippen LogP contribution in [0, 0.1) is 6.92 Å². The fourth-order valence-corrected chi connectivity index (χ4v) is 1.22. The maximum atomic E-state index is 11.3. The Labute approximate surface area is 99.1 Å². The highest BCUT2D eigenvalue weighted by atomic mass is 16.4. The van der Waals surface area contributed by atoms with Crippen LogP contribution in [0.5, 0.6) is 0 Å². The van der Waals surface area contributed by atoms with Gasteiger partial charge in [0, 0.05) is 25.5 Å². The molecule has 1 rings (SSSR count). The number of aryl methyl sites for hydroxylation is 1. The van der Waals surface area contributed by atoms with E-state index in [1.807, 2.05) is 13.0 Å². The summed E-state index contributed by atoms with van der Waals surface area (Å²) in [4.78, 5) is 25.5. The molecular formula is C11H15N3O3. The zero-order valence-corrected chi connectivity index (χ0v) is 9.56. The molecule has 1 heterocycles. The molecule has 92 valence electrons. The molecule has 1 aromatic rings. The van der Waals surface area contributed by atoms with Gasteiger partial charge in [-0.05, 0) is 24.1 Å². The third-order valence-corrected chi connectivity index (χ3v) is 2.20. The predicted octanol–water partition coefficient (Wildman–Crippen LogP) is 0.664. The van der Waals surface area contributed by atoms with Gasteiger partial charge in [0.25, 0.3) is 0 Å². The van der Waals surface area contributed by atoms with Gasteiger partial charge in [0.1, 0.15) is 0 Å². The van der Waals surface area contributed by atoms with Crippen LogP contribution in [-0.4, -0.2) is 28.6 Å². The molecule has 0 bridgehead atoms. The van der Waals surface area contributed by atoms with Gasteiger partial charge >= 0.3 is 12.0 Å². The molecule has 6 heteroatoms. The molecule has 0 radical (unpaired) electrons.